The number of aryl methyl sites for hydroxylation is 1. The number of carbonyl (C=O) groups excluding carboxylic acids is 1. The maximum absolute atomic E-state index is 12.3. The summed E-state index contributed by atoms with van der Waals surface area (Å²) in [6.45, 7) is 6.02. The molecule has 1 aromatic heterocycles. The number of benzene rings is 1. The van der Waals surface area contributed by atoms with Crippen LogP contribution < -0.4 is 14.8 Å². The number of hydrogen-bond donors (Lipinski definition) is 1. The van der Waals surface area contributed by atoms with E-state index in [0.717, 1.165) is 11.0 Å². The van der Waals surface area contributed by atoms with Gasteiger partial charge in [-0.25, -0.2) is 0 Å². The predicted molar refractivity (Wildman–Crippen MR) is 94.0 cm³/mol. The van der Waals surface area contributed by atoms with Gasteiger partial charge in [0, 0.05) is 12.1 Å². The highest BCUT2D eigenvalue weighted by molar-refractivity contribution is 7.99. The molecule has 7 nitrogen and oxygen atoms in total. The van der Waals surface area contributed by atoms with E-state index in [1.54, 1.807) is 32.4 Å². The van der Waals surface area contributed by atoms with Crippen LogP contribution in [0, 0.1) is 6.92 Å². The van der Waals surface area contributed by atoms with Crippen molar-refractivity contribution in [3.05, 3.63) is 24.0 Å². The summed E-state index contributed by atoms with van der Waals surface area (Å²) >= 11 is 1.35. The highest BCUT2D eigenvalue weighted by Gasteiger charge is 2.15. The van der Waals surface area contributed by atoms with Crippen LogP contribution in [0.2, 0.25) is 0 Å². The fraction of sp³-hybridized carbons (Fsp3) is 0.438. The standard InChI is InChI=1S/C16H22N4O3S/c1-10(2)20-11(3)18-19-16(20)24-9-15(21)17-13-8-12(22-4)6-7-14(13)23-5/h6-8,10H,9H2,1-5H3,(H,17,21). The maximum atomic E-state index is 12.3. The molecule has 0 atom stereocenters. The van der Waals surface area contributed by atoms with Crippen molar-refractivity contribution < 1.29 is 14.3 Å². The van der Waals surface area contributed by atoms with Crippen molar-refractivity contribution in [2.24, 2.45) is 0 Å². The summed E-state index contributed by atoms with van der Waals surface area (Å²) < 4.78 is 12.4. The first-order chi connectivity index (χ1) is 11.5. The van der Waals surface area contributed by atoms with Gasteiger partial charge in [0.2, 0.25) is 5.91 Å². The smallest absolute Gasteiger partial charge is 0.234 e. The summed E-state index contributed by atoms with van der Waals surface area (Å²) in [4.78, 5) is 12.3. The van der Waals surface area contributed by atoms with Gasteiger partial charge in [-0.1, -0.05) is 11.8 Å². The summed E-state index contributed by atoms with van der Waals surface area (Å²) in [5.41, 5.74) is 0.573. The molecule has 2 rings (SSSR count). The average Bonchev–Trinajstić information content (AvgIpc) is 2.93. The third-order valence-corrected chi connectivity index (χ3v) is 4.31. The number of amides is 1. The average molecular weight is 350 g/mol. The monoisotopic (exact) mass is 350 g/mol. The van der Waals surface area contributed by atoms with Crippen molar-refractivity contribution in [3.63, 3.8) is 0 Å². The van der Waals surface area contributed by atoms with Crippen molar-refractivity contribution in [3.8, 4) is 11.5 Å². The number of rotatable bonds is 7. The summed E-state index contributed by atoms with van der Waals surface area (Å²) in [5.74, 6) is 2.14. The Labute approximate surface area is 145 Å². The van der Waals surface area contributed by atoms with E-state index >= 15 is 0 Å². The molecule has 0 bridgehead atoms. The van der Waals surface area contributed by atoms with Crippen LogP contribution in [0.4, 0.5) is 5.69 Å². The predicted octanol–water partition coefficient (Wildman–Crippen LogP) is 2.92. The minimum atomic E-state index is -0.150. The number of aromatic nitrogens is 3. The van der Waals surface area contributed by atoms with Gasteiger partial charge in [0.05, 0.1) is 25.7 Å². The van der Waals surface area contributed by atoms with Gasteiger partial charge >= 0.3 is 0 Å². The lowest BCUT2D eigenvalue weighted by Crippen LogP contribution is -2.15. The maximum Gasteiger partial charge on any atom is 0.234 e. The van der Waals surface area contributed by atoms with Crippen LogP contribution in [-0.4, -0.2) is 40.6 Å². The molecule has 0 fully saturated rings. The van der Waals surface area contributed by atoms with Crippen molar-refractivity contribution >= 4 is 23.4 Å². The topological polar surface area (TPSA) is 78.3 Å². The zero-order chi connectivity index (χ0) is 17.7. The number of nitrogens with one attached hydrogen (secondary N) is 1. The van der Waals surface area contributed by atoms with E-state index in [1.807, 2.05) is 11.5 Å². The minimum absolute atomic E-state index is 0.150. The number of hydrogen-bond acceptors (Lipinski definition) is 6. The molecule has 0 aliphatic heterocycles. The second-order valence-corrected chi connectivity index (χ2v) is 6.34. The molecular weight excluding hydrogens is 328 g/mol. The van der Waals surface area contributed by atoms with Crippen LogP contribution in [0.5, 0.6) is 11.5 Å². The lowest BCUT2D eigenvalue weighted by Gasteiger charge is -2.13. The van der Waals surface area contributed by atoms with E-state index in [9.17, 15) is 4.79 Å². The number of thioether (sulfide) groups is 1. The molecule has 24 heavy (non-hydrogen) atoms. The fourth-order valence-electron chi connectivity index (χ4n) is 2.27. The lowest BCUT2D eigenvalue weighted by atomic mass is 10.2. The van der Waals surface area contributed by atoms with Crippen LogP contribution in [0.3, 0.4) is 0 Å². The molecule has 0 spiro atoms. The molecule has 0 saturated heterocycles. The third-order valence-electron chi connectivity index (χ3n) is 3.36. The number of methoxy groups -OCH3 is 2. The molecule has 2 aromatic rings. The highest BCUT2D eigenvalue weighted by Crippen LogP contribution is 2.29. The number of anilines is 1. The second kappa shape index (κ2) is 8.05. The van der Waals surface area contributed by atoms with Gasteiger partial charge < -0.3 is 19.4 Å². The minimum Gasteiger partial charge on any atom is -0.497 e. The van der Waals surface area contributed by atoms with Crippen molar-refractivity contribution in [1.82, 2.24) is 14.8 Å². The van der Waals surface area contributed by atoms with Crippen LogP contribution in [0.25, 0.3) is 0 Å². The van der Waals surface area contributed by atoms with E-state index < -0.39 is 0 Å². The Morgan fingerprint density at radius 1 is 1.29 bits per heavy atom. The van der Waals surface area contributed by atoms with Gasteiger partial charge in [0.15, 0.2) is 5.16 Å². The van der Waals surface area contributed by atoms with E-state index in [4.69, 9.17) is 9.47 Å². The summed E-state index contributed by atoms with van der Waals surface area (Å²) in [6.07, 6.45) is 0. The first-order valence-corrected chi connectivity index (χ1v) is 8.51. The van der Waals surface area contributed by atoms with Gasteiger partial charge in [-0.05, 0) is 32.9 Å². The normalized spacial score (nSPS) is 10.8. The molecule has 0 aliphatic carbocycles. The largest absolute Gasteiger partial charge is 0.497 e. The van der Waals surface area contributed by atoms with Gasteiger partial charge in [-0.3, -0.25) is 4.79 Å². The number of carbonyl (C=O) groups is 1. The van der Waals surface area contributed by atoms with Crippen molar-refractivity contribution in [1.29, 1.82) is 0 Å². The van der Waals surface area contributed by atoms with Crippen molar-refractivity contribution in [2.75, 3.05) is 25.3 Å². The molecule has 1 aromatic carbocycles. The van der Waals surface area contributed by atoms with Crippen LogP contribution >= 0.6 is 11.8 Å². The highest BCUT2D eigenvalue weighted by atomic mass is 32.2. The Bertz CT molecular complexity index is 715. The van der Waals surface area contributed by atoms with Crippen LogP contribution in [0.15, 0.2) is 23.4 Å². The molecule has 0 aliphatic rings. The van der Waals surface area contributed by atoms with Gasteiger partial charge in [-0.15, -0.1) is 10.2 Å². The Hall–Kier alpha value is -2.22. The Balaban J connectivity index is 2.04. The van der Waals surface area contributed by atoms with E-state index in [1.165, 1.54) is 11.8 Å². The third kappa shape index (κ3) is 4.19. The molecule has 1 heterocycles. The lowest BCUT2D eigenvalue weighted by molar-refractivity contribution is -0.113. The van der Waals surface area contributed by atoms with Crippen molar-refractivity contribution in [2.45, 2.75) is 32.0 Å². The Morgan fingerprint density at radius 3 is 2.67 bits per heavy atom. The summed E-state index contributed by atoms with van der Waals surface area (Å²) in [7, 11) is 3.13. The van der Waals surface area contributed by atoms with E-state index in [0.29, 0.717) is 17.2 Å². The van der Waals surface area contributed by atoms with Crippen LogP contribution in [0.1, 0.15) is 25.7 Å². The first kappa shape index (κ1) is 18.1. The second-order valence-electron chi connectivity index (χ2n) is 5.40. The quantitative estimate of drug-likeness (QED) is 0.774. The SMILES string of the molecule is COc1ccc(OC)c(NC(=O)CSc2nnc(C)n2C(C)C)c1. The Kier molecular flexibility index (Phi) is 6.08. The molecule has 8 heteroatoms. The zero-order valence-electron chi connectivity index (χ0n) is 14.5. The molecule has 0 saturated carbocycles. The number of nitrogens with zero attached hydrogens (tertiary/aromatic N) is 3. The molecular formula is C16H22N4O3S. The van der Waals surface area contributed by atoms with Gasteiger partial charge in [0.1, 0.15) is 17.3 Å². The Morgan fingerprint density at radius 2 is 2.04 bits per heavy atom. The van der Waals surface area contributed by atoms with E-state index in [-0.39, 0.29) is 17.7 Å². The van der Waals surface area contributed by atoms with Crippen LogP contribution in [-0.2, 0) is 4.79 Å². The van der Waals surface area contributed by atoms with E-state index in [2.05, 4.69) is 29.4 Å². The fourth-order valence-corrected chi connectivity index (χ4v) is 3.18. The molecule has 130 valence electrons. The zero-order valence-corrected chi connectivity index (χ0v) is 15.3. The van der Waals surface area contributed by atoms with Gasteiger partial charge in [0.25, 0.3) is 0 Å². The van der Waals surface area contributed by atoms with Gasteiger partial charge in [-0.2, -0.15) is 0 Å². The first-order valence-electron chi connectivity index (χ1n) is 7.52. The summed E-state index contributed by atoms with van der Waals surface area (Å²) in [6, 6.07) is 5.49. The summed E-state index contributed by atoms with van der Waals surface area (Å²) in [5, 5.41) is 11.8. The molecule has 1 amide bonds. The molecule has 0 unspecified atom stereocenters. The molecule has 0 radical (unpaired) electrons. The number of ether oxygens (including phenoxy) is 2. The molecule has 1 N–H and O–H groups in total.